The maximum atomic E-state index is 5.51. The Hall–Kier alpha value is -0.120. The third-order valence-electron chi connectivity index (χ3n) is 3.03. The van der Waals surface area contributed by atoms with Crippen molar-refractivity contribution in [3.8, 4) is 0 Å². The minimum Gasteiger partial charge on any atom is -0.380 e. The van der Waals surface area contributed by atoms with Crippen molar-refractivity contribution in [3.63, 3.8) is 0 Å². The molecule has 2 fully saturated rings. The first-order valence-corrected chi connectivity index (χ1v) is 5.49. The van der Waals surface area contributed by atoms with Crippen LogP contribution in [0.2, 0.25) is 0 Å². The van der Waals surface area contributed by atoms with Crippen LogP contribution in [0.1, 0.15) is 19.3 Å². The molecule has 0 aromatic rings. The van der Waals surface area contributed by atoms with Gasteiger partial charge in [-0.05, 0) is 32.4 Å². The summed E-state index contributed by atoms with van der Waals surface area (Å²) in [5.74, 6) is 0. The van der Waals surface area contributed by atoms with Gasteiger partial charge in [-0.25, -0.2) is 0 Å². The number of nitrogens with zero attached hydrogens (tertiary/aromatic N) is 1. The lowest BCUT2D eigenvalue weighted by Crippen LogP contribution is -2.42. The van der Waals surface area contributed by atoms with E-state index in [0.29, 0.717) is 6.04 Å². The molecule has 3 heteroatoms. The third kappa shape index (κ3) is 2.66. The topological polar surface area (TPSA) is 24.5 Å². The average Bonchev–Trinajstić information content (AvgIpc) is 2.47. The van der Waals surface area contributed by atoms with Crippen LogP contribution in [-0.4, -0.2) is 50.3 Å². The summed E-state index contributed by atoms with van der Waals surface area (Å²) in [5.41, 5.74) is 0. The summed E-state index contributed by atoms with van der Waals surface area (Å²) in [5, 5.41) is 3.43. The van der Waals surface area contributed by atoms with E-state index < -0.39 is 0 Å². The van der Waals surface area contributed by atoms with E-state index in [0.717, 1.165) is 19.8 Å². The highest BCUT2D eigenvalue weighted by Gasteiger charge is 2.21. The van der Waals surface area contributed by atoms with Gasteiger partial charge >= 0.3 is 0 Å². The zero-order chi connectivity index (χ0) is 8.93. The van der Waals surface area contributed by atoms with Crippen LogP contribution in [-0.2, 0) is 4.74 Å². The standard InChI is InChI=1S/C10H20N2O/c1-3-10(9-13-8-1)12-6-2-4-11-5-7-12/h10-11H,1-9H2. The minimum absolute atomic E-state index is 0.702. The molecule has 0 aliphatic carbocycles. The number of rotatable bonds is 1. The van der Waals surface area contributed by atoms with Gasteiger partial charge in [0.2, 0.25) is 0 Å². The second-order valence-corrected chi connectivity index (χ2v) is 4.01. The Bertz CT molecular complexity index is 138. The van der Waals surface area contributed by atoms with Crippen LogP contribution in [0, 0.1) is 0 Å². The van der Waals surface area contributed by atoms with Gasteiger partial charge in [-0.1, -0.05) is 0 Å². The molecule has 2 aliphatic rings. The third-order valence-corrected chi connectivity index (χ3v) is 3.03. The summed E-state index contributed by atoms with van der Waals surface area (Å²) in [6, 6.07) is 0.702. The fourth-order valence-electron chi connectivity index (χ4n) is 2.24. The molecule has 0 saturated carbocycles. The van der Waals surface area contributed by atoms with Gasteiger partial charge in [-0.3, -0.25) is 4.90 Å². The summed E-state index contributed by atoms with van der Waals surface area (Å²) in [7, 11) is 0. The predicted molar refractivity (Wildman–Crippen MR) is 52.9 cm³/mol. The average molecular weight is 184 g/mol. The summed E-state index contributed by atoms with van der Waals surface area (Å²) >= 11 is 0. The van der Waals surface area contributed by atoms with Gasteiger partial charge in [-0.2, -0.15) is 0 Å². The first-order valence-electron chi connectivity index (χ1n) is 5.49. The van der Waals surface area contributed by atoms with Crippen molar-refractivity contribution in [2.75, 3.05) is 39.4 Å². The number of nitrogens with one attached hydrogen (secondary N) is 1. The molecule has 0 aromatic heterocycles. The number of ether oxygens (including phenoxy) is 1. The van der Waals surface area contributed by atoms with E-state index in [1.165, 1.54) is 38.9 Å². The van der Waals surface area contributed by atoms with E-state index in [9.17, 15) is 0 Å². The summed E-state index contributed by atoms with van der Waals surface area (Å²) in [6.07, 6.45) is 3.87. The van der Waals surface area contributed by atoms with E-state index in [4.69, 9.17) is 4.74 Å². The molecule has 1 N–H and O–H groups in total. The Morgan fingerprint density at radius 3 is 3.00 bits per heavy atom. The fourth-order valence-corrected chi connectivity index (χ4v) is 2.24. The van der Waals surface area contributed by atoms with E-state index >= 15 is 0 Å². The Labute approximate surface area is 80.4 Å². The van der Waals surface area contributed by atoms with Crippen molar-refractivity contribution in [2.45, 2.75) is 25.3 Å². The molecule has 0 amide bonds. The first kappa shape index (κ1) is 9.44. The summed E-state index contributed by atoms with van der Waals surface area (Å²) < 4.78 is 5.51. The Morgan fingerprint density at radius 1 is 1.15 bits per heavy atom. The molecule has 0 bridgehead atoms. The van der Waals surface area contributed by atoms with Gasteiger partial charge in [-0.15, -0.1) is 0 Å². The Balaban J connectivity index is 1.82. The highest BCUT2D eigenvalue weighted by atomic mass is 16.5. The van der Waals surface area contributed by atoms with E-state index in [1.807, 2.05) is 0 Å². The fraction of sp³-hybridized carbons (Fsp3) is 1.00. The lowest BCUT2D eigenvalue weighted by atomic mass is 10.1. The highest BCUT2D eigenvalue weighted by molar-refractivity contribution is 4.77. The van der Waals surface area contributed by atoms with Crippen molar-refractivity contribution >= 4 is 0 Å². The minimum atomic E-state index is 0.702. The molecule has 1 unspecified atom stereocenters. The van der Waals surface area contributed by atoms with Crippen LogP contribution < -0.4 is 5.32 Å². The SMILES string of the molecule is C1COCC(N2CCCNCC2)C1. The van der Waals surface area contributed by atoms with Crippen molar-refractivity contribution in [2.24, 2.45) is 0 Å². The van der Waals surface area contributed by atoms with Gasteiger partial charge in [0.15, 0.2) is 0 Å². The van der Waals surface area contributed by atoms with Crippen LogP contribution in [0.5, 0.6) is 0 Å². The number of hydrogen-bond acceptors (Lipinski definition) is 3. The second-order valence-electron chi connectivity index (χ2n) is 4.01. The lowest BCUT2D eigenvalue weighted by Gasteiger charge is -2.32. The molecule has 2 aliphatic heterocycles. The maximum Gasteiger partial charge on any atom is 0.0621 e. The molecule has 1 atom stereocenters. The van der Waals surface area contributed by atoms with E-state index in [-0.39, 0.29) is 0 Å². The smallest absolute Gasteiger partial charge is 0.0621 e. The van der Waals surface area contributed by atoms with Gasteiger partial charge in [0.25, 0.3) is 0 Å². The highest BCUT2D eigenvalue weighted by Crippen LogP contribution is 2.13. The van der Waals surface area contributed by atoms with Crippen LogP contribution in [0.25, 0.3) is 0 Å². The van der Waals surface area contributed by atoms with Gasteiger partial charge in [0.1, 0.15) is 0 Å². The van der Waals surface area contributed by atoms with Crippen LogP contribution in [0.4, 0.5) is 0 Å². The van der Waals surface area contributed by atoms with Crippen LogP contribution in [0.3, 0.4) is 0 Å². The molecule has 2 rings (SSSR count). The van der Waals surface area contributed by atoms with Crippen molar-refractivity contribution in [1.82, 2.24) is 10.2 Å². The quantitative estimate of drug-likeness (QED) is 0.641. The number of hydrogen-bond donors (Lipinski definition) is 1. The van der Waals surface area contributed by atoms with E-state index in [1.54, 1.807) is 0 Å². The second kappa shape index (κ2) is 4.94. The molecule has 3 nitrogen and oxygen atoms in total. The zero-order valence-electron chi connectivity index (χ0n) is 8.30. The van der Waals surface area contributed by atoms with Gasteiger partial charge < -0.3 is 10.1 Å². The summed E-state index contributed by atoms with van der Waals surface area (Å²) in [4.78, 5) is 2.60. The van der Waals surface area contributed by atoms with Crippen molar-refractivity contribution < 1.29 is 4.74 Å². The van der Waals surface area contributed by atoms with Crippen molar-refractivity contribution in [1.29, 1.82) is 0 Å². The molecular weight excluding hydrogens is 164 g/mol. The maximum absolute atomic E-state index is 5.51. The molecule has 0 radical (unpaired) electrons. The molecular formula is C10H20N2O. The summed E-state index contributed by atoms with van der Waals surface area (Å²) in [6.45, 7) is 6.72. The monoisotopic (exact) mass is 184 g/mol. The largest absolute Gasteiger partial charge is 0.380 e. The van der Waals surface area contributed by atoms with Gasteiger partial charge in [0.05, 0.1) is 6.61 Å². The Morgan fingerprint density at radius 2 is 2.15 bits per heavy atom. The normalized spacial score (nSPS) is 32.8. The van der Waals surface area contributed by atoms with Crippen LogP contribution in [0.15, 0.2) is 0 Å². The molecule has 2 saturated heterocycles. The Kier molecular flexibility index (Phi) is 3.58. The van der Waals surface area contributed by atoms with E-state index in [2.05, 4.69) is 10.2 Å². The zero-order valence-corrected chi connectivity index (χ0v) is 8.30. The lowest BCUT2D eigenvalue weighted by molar-refractivity contribution is 0.0203. The molecule has 2 heterocycles. The molecule has 0 aromatic carbocycles. The molecule has 13 heavy (non-hydrogen) atoms. The molecule has 0 spiro atoms. The van der Waals surface area contributed by atoms with Gasteiger partial charge in [0, 0.05) is 25.7 Å². The van der Waals surface area contributed by atoms with Crippen molar-refractivity contribution in [3.05, 3.63) is 0 Å². The predicted octanol–water partition coefficient (Wildman–Crippen LogP) is 0.461. The molecule has 76 valence electrons. The van der Waals surface area contributed by atoms with Crippen LogP contribution >= 0.6 is 0 Å². The first-order chi connectivity index (χ1) is 6.47.